The average Bonchev–Trinajstić information content (AvgIpc) is 3.30. The number of fused-ring (bicyclic) bond motifs is 1. The first kappa shape index (κ1) is 27.3. The zero-order chi connectivity index (χ0) is 27.4. The molecular weight excluding hydrogens is 478 g/mol. The maximum atomic E-state index is 13.5. The molecule has 9 heteroatoms. The highest BCUT2D eigenvalue weighted by Crippen LogP contribution is 2.27. The van der Waals surface area contributed by atoms with Crippen molar-refractivity contribution < 1.29 is 9.59 Å². The van der Waals surface area contributed by atoms with E-state index < -0.39 is 5.92 Å². The zero-order valence-corrected chi connectivity index (χ0v) is 23.1. The number of benzene rings is 1. The van der Waals surface area contributed by atoms with Gasteiger partial charge in [-0.1, -0.05) is 23.8 Å². The van der Waals surface area contributed by atoms with Crippen LogP contribution in [0.5, 0.6) is 0 Å². The van der Waals surface area contributed by atoms with Crippen molar-refractivity contribution in [2.75, 3.05) is 33.7 Å². The molecule has 2 aromatic heterocycles. The van der Waals surface area contributed by atoms with Gasteiger partial charge in [0.2, 0.25) is 0 Å². The number of hydrogen-bond donors (Lipinski definition) is 2. The predicted octanol–water partition coefficient (Wildman–Crippen LogP) is 3.62. The summed E-state index contributed by atoms with van der Waals surface area (Å²) in [5, 5.41) is 11.3. The van der Waals surface area contributed by atoms with Gasteiger partial charge in [-0.2, -0.15) is 5.10 Å². The number of dihydropyridines is 1. The Kier molecular flexibility index (Phi) is 8.48. The average molecular weight is 516 g/mol. The second-order valence-corrected chi connectivity index (χ2v) is 10.3. The number of aliphatic imine (C=N–C) groups is 1. The van der Waals surface area contributed by atoms with E-state index in [1.54, 1.807) is 13.1 Å². The summed E-state index contributed by atoms with van der Waals surface area (Å²) in [4.78, 5) is 37.2. The van der Waals surface area contributed by atoms with Crippen molar-refractivity contribution in [1.82, 2.24) is 30.3 Å². The van der Waals surface area contributed by atoms with Crippen LogP contribution in [0.15, 0.2) is 53.2 Å². The first-order valence-electron chi connectivity index (χ1n) is 13.0. The Hall–Kier alpha value is -3.69. The molecule has 0 bridgehead atoms. The summed E-state index contributed by atoms with van der Waals surface area (Å²) < 4.78 is 1.83. The highest BCUT2D eigenvalue weighted by atomic mass is 16.2. The van der Waals surface area contributed by atoms with Gasteiger partial charge < -0.3 is 15.5 Å². The minimum absolute atomic E-state index is 0.0760. The molecule has 0 saturated heterocycles. The summed E-state index contributed by atoms with van der Waals surface area (Å²) in [5.74, 6) is -0.960. The van der Waals surface area contributed by atoms with E-state index in [1.165, 1.54) is 5.56 Å². The first-order valence-corrected chi connectivity index (χ1v) is 13.0. The van der Waals surface area contributed by atoms with Crippen molar-refractivity contribution in [2.45, 2.75) is 40.3 Å². The fourth-order valence-corrected chi connectivity index (χ4v) is 4.70. The smallest absolute Gasteiger partial charge is 0.254 e. The van der Waals surface area contributed by atoms with Gasteiger partial charge >= 0.3 is 0 Å². The summed E-state index contributed by atoms with van der Waals surface area (Å²) in [6.07, 6.45) is 3.58. The van der Waals surface area contributed by atoms with Crippen LogP contribution in [0.2, 0.25) is 0 Å². The van der Waals surface area contributed by atoms with Gasteiger partial charge in [0.05, 0.1) is 28.8 Å². The molecular formula is C29H37N7O2. The Morgan fingerprint density at radius 2 is 2.00 bits per heavy atom. The molecule has 2 amide bonds. The third-order valence-electron chi connectivity index (χ3n) is 6.76. The number of likely N-dealkylation sites (N-methyl/N-ethyl adjacent to an activating group) is 2. The Morgan fingerprint density at radius 3 is 2.71 bits per heavy atom. The van der Waals surface area contributed by atoms with Gasteiger partial charge in [-0.3, -0.25) is 9.59 Å². The van der Waals surface area contributed by atoms with Crippen molar-refractivity contribution in [2.24, 2.45) is 10.9 Å². The highest BCUT2D eigenvalue weighted by Gasteiger charge is 2.25. The number of carbonyl (C=O) groups is 2. The van der Waals surface area contributed by atoms with Crippen LogP contribution in [0.1, 0.15) is 49.7 Å². The molecule has 9 nitrogen and oxygen atoms in total. The van der Waals surface area contributed by atoms with Crippen LogP contribution < -0.4 is 10.6 Å². The monoisotopic (exact) mass is 515 g/mol. The molecule has 0 radical (unpaired) electrons. The molecule has 1 unspecified atom stereocenters. The van der Waals surface area contributed by atoms with E-state index in [9.17, 15) is 9.59 Å². The number of nitrogens with zero attached hydrogens (tertiary/aromatic N) is 5. The predicted molar refractivity (Wildman–Crippen MR) is 151 cm³/mol. The van der Waals surface area contributed by atoms with Gasteiger partial charge in [-0.05, 0) is 65.6 Å². The highest BCUT2D eigenvalue weighted by molar-refractivity contribution is 6.08. The van der Waals surface area contributed by atoms with Gasteiger partial charge in [0.1, 0.15) is 0 Å². The summed E-state index contributed by atoms with van der Waals surface area (Å²) in [7, 11) is 4.05. The molecule has 3 heterocycles. The number of pyridine rings is 1. The van der Waals surface area contributed by atoms with Crippen LogP contribution in [0.25, 0.3) is 22.3 Å². The van der Waals surface area contributed by atoms with Crippen LogP contribution >= 0.6 is 0 Å². The van der Waals surface area contributed by atoms with Gasteiger partial charge in [-0.25, -0.2) is 14.7 Å². The normalized spacial score (nSPS) is 15.8. The van der Waals surface area contributed by atoms with Crippen molar-refractivity contribution in [3.63, 3.8) is 0 Å². The molecule has 38 heavy (non-hydrogen) atoms. The largest absolute Gasteiger partial charge is 0.351 e. The molecule has 2 N–H and O–H groups in total. The molecule has 0 fully saturated rings. The van der Waals surface area contributed by atoms with E-state index in [-0.39, 0.29) is 24.4 Å². The third kappa shape index (κ3) is 6.06. The van der Waals surface area contributed by atoms with Crippen molar-refractivity contribution >= 4 is 28.6 Å². The Labute approximate surface area is 224 Å². The van der Waals surface area contributed by atoms with Crippen LogP contribution in [0.3, 0.4) is 0 Å². The van der Waals surface area contributed by atoms with Crippen LogP contribution in [-0.2, 0) is 11.3 Å². The number of allylic oxidation sites excluding steroid dienone is 1. The fourth-order valence-electron chi connectivity index (χ4n) is 4.70. The lowest BCUT2D eigenvalue weighted by atomic mass is 9.95. The molecule has 0 spiro atoms. The van der Waals surface area contributed by atoms with E-state index in [0.29, 0.717) is 28.0 Å². The molecule has 3 aromatic rings. The standard InChI is InChI=1S/C29H37N7O2/c1-18(2)36-27-25(16-32-36)23(28(37)31-15-24-19(3)12-20(4)33-29(24)38)14-26(34-27)22-9-7-8-21(13-22)17-35(6)11-10-30-5/h7-9,12-14,16,18,24,30H,10-11,15,17H2,1-6H3,(H,31,37). The summed E-state index contributed by atoms with van der Waals surface area (Å²) in [5.41, 5.74) is 5.53. The Balaban J connectivity index is 1.66. The maximum Gasteiger partial charge on any atom is 0.254 e. The van der Waals surface area contributed by atoms with Gasteiger partial charge in [0.25, 0.3) is 11.8 Å². The number of amides is 2. The minimum Gasteiger partial charge on any atom is -0.351 e. The lowest BCUT2D eigenvalue weighted by molar-refractivity contribution is -0.120. The van der Waals surface area contributed by atoms with E-state index in [1.807, 2.05) is 56.8 Å². The third-order valence-corrected chi connectivity index (χ3v) is 6.76. The summed E-state index contributed by atoms with van der Waals surface area (Å²) >= 11 is 0. The van der Waals surface area contributed by atoms with Crippen LogP contribution in [-0.4, -0.2) is 70.9 Å². The molecule has 0 aliphatic carbocycles. The molecule has 4 rings (SSSR count). The van der Waals surface area contributed by atoms with E-state index in [2.05, 4.69) is 44.8 Å². The van der Waals surface area contributed by atoms with Gasteiger partial charge in [0.15, 0.2) is 5.65 Å². The number of carbonyl (C=O) groups excluding carboxylic acids is 2. The van der Waals surface area contributed by atoms with Crippen molar-refractivity contribution in [3.05, 3.63) is 59.3 Å². The quantitative estimate of drug-likeness (QED) is 0.427. The number of hydrogen-bond acceptors (Lipinski definition) is 6. The molecule has 1 atom stereocenters. The van der Waals surface area contributed by atoms with E-state index >= 15 is 0 Å². The number of aromatic nitrogens is 3. The van der Waals surface area contributed by atoms with Crippen molar-refractivity contribution in [1.29, 1.82) is 0 Å². The topological polar surface area (TPSA) is 105 Å². The van der Waals surface area contributed by atoms with Gasteiger partial charge in [-0.15, -0.1) is 0 Å². The first-order chi connectivity index (χ1) is 18.2. The Morgan fingerprint density at radius 1 is 1.21 bits per heavy atom. The molecule has 1 aliphatic heterocycles. The molecule has 1 aromatic carbocycles. The Bertz CT molecular complexity index is 1400. The van der Waals surface area contributed by atoms with Crippen LogP contribution in [0, 0.1) is 5.92 Å². The molecule has 200 valence electrons. The summed E-state index contributed by atoms with van der Waals surface area (Å²) in [6.45, 7) is 10.6. The lowest BCUT2D eigenvalue weighted by Gasteiger charge is -2.19. The van der Waals surface area contributed by atoms with Crippen LogP contribution in [0.4, 0.5) is 0 Å². The number of nitrogens with one attached hydrogen (secondary N) is 2. The van der Waals surface area contributed by atoms with Crippen molar-refractivity contribution in [3.8, 4) is 11.3 Å². The number of rotatable bonds is 10. The lowest BCUT2D eigenvalue weighted by Crippen LogP contribution is -2.34. The molecule has 1 aliphatic rings. The minimum atomic E-state index is -0.464. The summed E-state index contributed by atoms with van der Waals surface area (Å²) in [6, 6.07) is 10.2. The van der Waals surface area contributed by atoms with Gasteiger partial charge in [0, 0.05) is 43.5 Å². The van der Waals surface area contributed by atoms with E-state index in [4.69, 9.17) is 4.98 Å². The van der Waals surface area contributed by atoms with E-state index in [0.717, 1.165) is 30.8 Å². The SMILES string of the molecule is CNCCN(C)Cc1cccc(-c2cc(C(=O)NCC3C(=O)N=C(C)C=C3C)c3cnn(C(C)C)c3n2)c1. The second kappa shape index (κ2) is 11.8. The maximum absolute atomic E-state index is 13.5. The second-order valence-electron chi connectivity index (χ2n) is 10.3. The zero-order valence-electron chi connectivity index (χ0n) is 23.1. The fraction of sp³-hybridized carbons (Fsp3) is 0.414. The molecule has 0 saturated carbocycles.